The zero-order valence-electron chi connectivity index (χ0n) is 16.8. The van der Waals surface area contributed by atoms with Crippen molar-refractivity contribution in [2.24, 2.45) is 23.2 Å². The summed E-state index contributed by atoms with van der Waals surface area (Å²) >= 11 is 0. The van der Waals surface area contributed by atoms with Gasteiger partial charge in [0.05, 0.1) is 5.56 Å². The van der Waals surface area contributed by atoms with Gasteiger partial charge in [0.25, 0.3) is 0 Å². The molecule has 0 spiro atoms. The highest BCUT2D eigenvalue weighted by molar-refractivity contribution is 5.41. The van der Waals surface area contributed by atoms with Crippen LogP contribution in [0.4, 0.5) is 4.39 Å². The molecule has 1 heteroatoms. The smallest absolute Gasteiger partial charge is 0.142 e. The highest BCUT2D eigenvalue weighted by Crippen LogP contribution is 2.44. The first-order valence-electron chi connectivity index (χ1n) is 10.1. The Labute approximate surface area is 154 Å². The SMILES string of the molecule is CCC(CCCC(C)C)C(C)Cc1cccc(C#CC2(C)CC2)c1F. The van der Waals surface area contributed by atoms with Gasteiger partial charge in [-0.2, -0.15) is 0 Å². The Hall–Kier alpha value is -1.29. The van der Waals surface area contributed by atoms with Gasteiger partial charge >= 0.3 is 0 Å². The Morgan fingerprint density at radius 2 is 1.88 bits per heavy atom. The van der Waals surface area contributed by atoms with Crippen LogP contribution >= 0.6 is 0 Å². The van der Waals surface area contributed by atoms with E-state index in [0.717, 1.165) is 30.7 Å². The van der Waals surface area contributed by atoms with Gasteiger partial charge < -0.3 is 0 Å². The van der Waals surface area contributed by atoms with Crippen molar-refractivity contribution in [3.63, 3.8) is 0 Å². The van der Waals surface area contributed by atoms with Crippen LogP contribution in [0.25, 0.3) is 0 Å². The molecule has 0 aliphatic heterocycles. The molecule has 0 bridgehead atoms. The van der Waals surface area contributed by atoms with E-state index in [-0.39, 0.29) is 11.2 Å². The predicted molar refractivity (Wildman–Crippen MR) is 106 cm³/mol. The van der Waals surface area contributed by atoms with E-state index in [1.54, 1.807) is 0 Å². The molecule has 0 saturated heterocycles. The van der Waals surface area contributed by atoms with Gasteiger partial charge in [0.1, 0.15) is 5.82 Å². The third-order valence-corrected chi connectivity index (χ3v) is 5.81. The highest BCUT2D eigenvalue weighted by Gasteiger charge is 2.35. The van der Waals surface area contributed by atoms with Crippen LogP contribution in [0.1, 0.15) is 84.3 Å². The molecule has 2 unspecified atom stereocenters. The number of hydrogen-bond donors (Lipinski definition) is 0. The summed E-state index contributed by atoms with van der Waals surface area (Å²) < 4.78 is 14.9. The van der Waals surface area contributed by atoms with Crippen LogP contribution in [0, 0.1) is 40.8 Å². The van der Waals surface area contributed by atoms with Gasteiger partial charge in [0, 0.05) is 5.41 Å². The van der Waals surface area contributed by atoms with Gasteiger partial charge in [-0.3, -0.25) is 0 Å². The van der Waals surface area contributed by atoms with Crippen molar-refractivity contribution in [1.82, 2.24) is 0 Å². The average molecular weight is 343 g/mol. The first kappa shape index (κ1) is 20.0. The molecule has 1 aliphatic rings. The maximum atomic E-state index is 14.9. The zero-order valence-corrected chi connectivity index (χ0v) is 16.8. The Balaban J connectivity index is 2.01. The fourth-order valence-corrected chi connectivity index (χ4v) is 3.56. The molecular weight excluding hydrogens is 307 g/mol. The summed E-state index contributed by atoms with van der Waals surface area (Å²) in [6.45, 7) is 11.3. The lowest BCUT2D eigenvalue weighted by Gasteiger charge is -2.23. The van der Waals surface area contributed by atoms with E-state index in [0.29, 0.717) is 17.4 Å². The predicted octanol–water partition coefficient (Wildman–Crippen LogP) is 7.01. The molecule has 0 N–H and O–H groups in total. The molecular formula is C24H35F. The average Bonchev–Trinajstić information content (AvgIpc) is 3.30. The molecule has 25 heavy (non-hydrogen) atoms. The third kappa shape index (κ3) is 6.18. The topological polar surface area (TPSA) is 0 Å². The second kappa shape index (κ2) is 8.88. The third-order valence-electron chi connectivity index (χ3n) is 5.81. The van der Waals surface area contributed by atoms with Gasteiger partial charge in [-0.05, 0) is 55.6 Å². The molecule has 1 aromatic carbocycles. The van der Waals surface area contributed by atoms with Crippen LogP contribution in [-0.2, 0) is 6.42 Å². The molecule has 0 radical (unpaired) electrons. The molecule has 2 atom stereocenters. The lowest BCUT2D eigenvalue weighted by Crippen LogP contribution is -2.15. The van der Waals surface area contributed by atoms with Crippen LogP contribution in [0.5, 0.6) is 0 Å². The quantitative estimate of drug-likeness (QED) is 0.446. The van der Waals surface area contributed by atoms with Gasteiger partial charge in [-0.25, -0.2) is 4.39 Å². The fraction of sp³-hybridized carbons (Fsp3) is 0.667. The van der Waals surface area contributed by atoms with E-state index >= 15 is 0 Å². The summed E-state index contributed by atoms with van der Waals surface area (Å²) in [7, 11) is 0. The second-order valence-corrected chi connectivity index (χ2v) is 8.76. The maximum absolute atomic E-state index is 14.9. The molecule has 1 fully saturated rings. The summed E-state index contributed by atoms with van der Waals surface area (Å²) in [4.78, 5) is 0. The summed E-state index contributed by atoms with van der Waals surface area (Å²) in [6.07, 6.45) is 8.13. The van der Waals surface area contributed by atoms with Crippen molar-refractivity contribution >= 4 is 0 Å². The Morgan fingerprint density at radius 3 is 2.48 bits per heavy atom. The lowest BCUT2D eigenvalue weighted by atomic mass is 9.82. The number of rotatable bonds is 8. The molecule has 0 heterocycles. The molecule has 2 rings (SSSR count). The number of halogens is 1. The summed E-state index contributed by atoms with van der Waals surface area (Å²) in [6, 6.07) is 5.73. The molecule has 0 aromatic heterocycles. The normalized spacial score (nSPS) is 17.7. The van der Waals surface area contributed by atoms with E-state index in [1.165, 1.54) is 25.7 Å². The molecule has 1 saturated carbocycles. The molecule has 1 aliphatic carbocycles. The minimum absolute atomic E-state index is 0.0943. The van der Waals surface area contributed by atoms with Gasteiger partial charge in [0.2, 0.25) is 0 Å². The minimum Gasteiger partial charge on any atom is -0.205 e. The van der Waals surface area contributed by atoms with Gasteiger partial charge in [0.15, 0.2) is 0 Å². The minimum atomic E-state index is -0.0943. The van der Waals surface area contributed by atoms with Crippen molar-refractivity contribution in [1.29, 1.82) is 0 Å². The van der Waals surface area contributed by atoms with Crippen molar-refractivity contribution in [2.75, 3.05) is 0 Å². The number of benzene rings is 1. The monoisotopic (exact) mass is 342 g/mol. The van der Waals surface area contributed by atoms with E-state index in [1.807, 2.05) is 18.2 Å². The van der Waals surface area contributed by atoms with E-state index < -0.39 is 0 Å². The largest absolute Gasteiger partial charge is 0.205 e. The summed E-state index contributed by atoms with van der Waals surface area (Å²) in [5.41, 5.74) is 1.55. The van der Waals surface area contributed by atoms with Crippen LogP contribution in [0.3, 0.4) is 0 Å². The summed E-state index contributed by atoms with van der Waals surface area (Å²) in [5, 5.41) is 0. The lowest BCUT2D eigenvalue weighted by molar-refractivity contribution is 0.305. The van der Waals surface area contributed by atoms with Crippen LogP contribution < -0.4 is 0 Å². The Kier molecular flexibility index (Phi) is 7.12. The zero-order chi connectivity index (χ0) is 18.4. The molecule has 1 aromatic rings. The maximum Gasteiger partial charge on any atom is 0.142 e. The van der Waals surface area contributed by atoms with Gasteiger partial charge in [-0.1, -0.05) is 77.4 Å². The van der Waals surface area contributed by atoms with Crippen molar-refractivity contribution in [2.45, 2.75) is 79.6 Å². The van der Waals surface area contributed by atoms with E-state index in [2.05, 4.69) is 46.5 Å². The highest BCUT2D eigenvalue weighted by atomic mass is 19.1. The molecule has 0 nitrogen and oxygen atoms in total. The number of hydrogen-bond acceptors (Lipinski definition) is 0. The molecule has 138 valence electrons. The van der Waals surface area contributed by atoms with Crippen molar-refractivity contribution in [3.05, 3.63) is 35.1 Å². The standard InChI is InChI=1S/C24H35F/c1-6-20(10-7-9-18(2)3)19(4)17-22-12-8-11-21(23(22)25)13-14-24(5)15-16-24/h8,11-12,18-20H,6-7,9-10,15-17H2,1-5H3. The summed E-state index contributed by atoms with van der Waals surface area (Å²) in [5.74, 6) is 8.21. The second-order valence-electron chi connectivity index (χ2n) is 8.76. The van der Waals surface area contributed by atoms with E-state index in [9.17, 15) is 4.39 Å². The first-order valence-corrected chi connectivity index (χ1v) is 10.1. The van der Waals surface area contributed by atoms with Crippen LogP contribution in [-0.4, -0.2) is 0 Å². The first-order chi connectivity index (χ1) is 11.8. The Bertz CT molecular complexity index is 613. The fourth-order valence-electron chi connectivity index (χ4n) is 3.56. The van der Waals surface area contributed by atoms with E-state index in [4.69, 9.17) is 0 Å². The van der Waals surface area contributed by atoms with Crippen LogP contribution in [0.2, 0.25) is 0 Å². The van der Waals surface area contributed by atoms with Crippen molar-refractivity contribution in [3.8, 4) is 11.8 Å². The Morgan fingerprint density at radius 1 is 1.16 bits per heavy atom. The van der Waals surface area contributed by atoms with Crippen LogP contribution in [0.15, 0.2) is 18.2 Å². The van der Waals surface area contributed by atoms with Crippen molar-refractivity contribution < 1.29 is 4.39 Å². The van der Waals surface area contributed by atoms with Gasteiger partial charge in [-0.15, -0.1) is 0 Å². The molecule has 0 amide bonds.